The number of Topliss-reactive ketones (excluding diaryl/α,β-unsaturated/α-hetero) is 1. The highest BCUT2D eigenvalue weighted by Crippen LogP contribution is 2.47. The second-order valence-electron chi connectivity index (χ2n) is 7.01. The zero-order valence-corrected chi connectivity index (χ0v) is 14.4. The number of benzene rings is 1. The molecule has 1 spiro atoms. The van der Waals surface area contributed by atoms with E-state index in [0.717, 1.165) is 63.7 Å². The van der Waals surface area contributed by atoms with Crippen LogP contribution in [0.5, 0.6) is 0 Å². The Morgan fingerprint density at radius 2 is 2.04 bits per heavy atom. The molecule has 0 radical (unpaired) electrons. The zero-order chi connectivity index (χ0) is 16.3. The van der Waals surface area contributed by atoms with Crippen LogP contribution in [-0.2, 0) is 22.3 Å². The van der Waals surface area contributed by atoms with Crippen molar-refractivity contribution >= 4 is 5.78 Å². The summed E-state index contributed by atoms with van der Waals surface area (Å²) < 4.78 is 10.9. The molecule has 0 unspecified atom stereocenters. The molecule has 0 aliphatic heterocycles. The number of ketones is 1. The average molecular weight is 316 g/mol. The minimum atomic E-state index is -0.138. The predicted octanol–water partition coefficient (Wildman–Crippen LogP) is 3.97. The first-order chi connectivity index (χ1) is 11.2. The highest BCUT2D eigenvalue weighted by Gasteiger charge is 2.47. The van der Waals surface area contributed by atoms with Gasteiger partial charge in [-0.05, 0) is 69.1 Å². The van der Waals surface area contributed by atoms with Crippen LogP contribution in [0.4, 0.5) is 0 Å². The number of ether oxygens (including phenoxy) is 2. The molecule has 1 aromatic rings. The molecule has 0 bridgehead atoms. The van der Waals surface area contributed by atoms with E-state index in [-0.39, 0.29) is 5.41 Å². The summed E-state index contributed by atoms with van der Waals surface area (Å²) in [5.41, 5.74) is 3.36. The van der Waals surface area contributed by atoms with Crippen molar-refractivity contribution in [2.75, 3.05) is 20.3 Å². The van der Waals surface area contributed by atoms with Gasteiger partial charge in [0.1, 0.15) is 0 Å². The maximum atomic E-state index is 13.0. The van der Waals surface area contributed by atoms with Crippen LogP contribution in [0.2, 0.25) is 0 Å². The van der Waals surface area contributed by atoms with Gasteiger partial charge >= 0.3 is 0 Å². The lowest BCUT2D eigenvalue weighted by atomic mass is 9.70. The number of hydrogen-bond acceptors (Lipinski definition) is 3. The molecule has 3 heteroatoms. The Morgan fingerprint density at radius 3 is 2.74 bits per heavy atom. The standard InChI is InChI=1S/C20H28O3/c1-3-23-12-4-5-15-6-7-16-14-20(19(21)18(16)13-15)10-8-17(22-2)9-11-20/h6-7,13,17H,3-5,8-12,14H2,1-2H3/t17-,20-. The lowest BCUT2D eigenvalue weighted by Crippen LogP contribution is -2.35. The molecule has 0 aromatic heterocycles. The number of carbonyl (C=O) groups excluding carboxylic acids is 1. The number of methoxy groups -OCH3 is 1. The number of rotatable bonds is 6. The summed E-state index contributed by atoms with van der Waals surface area (Å²) >= 11 is 0. The summed E-state index contributed by atoms with van der Waals surface area (Å²) in [5, 5.41) is 0. The third kappa shape index (κ3) is 3.36. The van der Waals surface area contributed by atoms with Gasteiger partial charge in [0.05, 0.1) is 6.10 Å². The van der Waals surface area contributed by atoms with Crippen LogP contribution in [0.3, 0.4) is 0 Å². The van der Waals surface area contributed by atoms with Crippen LogP contribution in [0.15, 0.2) is 18.2 Å². The molecule has 3 nitrogen and oxygen atoms in total. The molecule has 3 rings (SSSR count). The Labute approximate surface area is 139 Å². The highest BCUT2D eigenvalue weighted by atomic mass is 16.5. The van der Waals surface area contributed by atoms with E-state index >= 15 is 0 Å². The van der Waals surface area contributed by atoms with Gasteiger partial charge in [-0.2, -0.15) is 0 Å². The first-order valence-corrected chi connectivity index (χ1v) is 8.95. The van der Waals surface area contributed by atoms with Gasteiger partial charge in [0.15, 0.2) is 5.78 Å². The summed E-state index contributed by atoms with van der Waals surface area (Å²) in [6, 6.07) is 6.51. The van der Waals surface area contributed by atoms with Crippen LogP contribution in [0.1, 0.15) is 60.5 Å². The van der Waals surface area contributed by atoms with Crippen molar-refractivity contribution in [3.63, 3.8) is 0 Å². The molecule has 0 heterocycles. The molecule has 23 heavy (non-hydrogen) atoms. The fraction of sp³-hybridized carbons (Fsp3) is 0.650. The third-order valence-electron chi connectivity index (χ3n) is 5.61. The molecular weight excluding hydrogens is 288 g/mol. The fourth-order valence-corrected chi connectivity index (χ4v) is 4.18. The fourth-order valence-electron chi connectivity index (χ4n) is 4.18. The molecule has 0 saturated heterocycles. The molecule has 1 aromatic carbocycles. The van der Waals surface area contributed by atoms with E-state index in [0.29, 0.717) is 11.9 Å². The van der Waals surface area contributed by atoms with Gasteiger partial charge in [-0.1, -0.05) is 12.1 Å². The first kappa shape index (κ1) is 16.7. The summed E-state index contributed by atoms with van der Waals surface area (Å²) in [4.78, 5) is 13.0. The Morgan fingerprint density at radius 1 is 1.26 bits per heavy atom. The van der Waals surface area contributed by atoms with Gasteiger partial charge in [-0.3, -0.25) is 4.79 Å². The van der Waals surface area contributed by atoms with Crippen LogP contribution in [0, 0.1) is 5.41 Å². The summed E-state index contributed by atoms with van der Waals surface area (Å²) in [5.74, 6) is 0.383. The molecule has 2 aliphatic carbocycles. The quantitative estimate of drug-likeness (QED) is 0.745. The normalized spacial score (nSPS) is 26.7. The minimum absolute atomic E-state index is 0.138. The van der Waals surface area contributed by atoms with E-state index in [1.807, 2.05) is 6.92 Å². The molecule has 2 aliphatic rings. The van der Waals surface area contributed by atoms with Crippen LogP contribution >= 0.6 is 0 Å². The lowest BCUT2D eigenvalue weighted by molar-refractivity contribution is 0.0285. The minimum Gasteiger partial charge on any atom is -0.382 e. The zero-order valence-electron chi connectivity index (χ0n) is 14.4. The van der Waals surface area contributed by atoms with Crippen LogP contribution in [-0.4, -0.2) is 32.2 Å². The van der Waals surface area contributed by atoms with E-state index in [1.165, 1.54) is 11.1 Å². The molecule has 126 valence electrons. The Balaban J connectivity index is 1.68. The van der Waals surface area contributed by atoms with Gasteiger partial charge in [-0.25, -0.2) is 0 Å². The SMILES string of the molecule is CCOCCCc1ccc2c(c1)C(=O)[C@]1(CC[C@H](OC)CC1)C2. The van der Waals surface area contributed by atoms with Crippen molar-refractivity contribution in [3.8, 4) is 0 Å². The van der Waals surface area contributed by atoms with E-state index in [9.17, 15) is 4.79 Å². The van der Waals surface area contributed by atoms with E-state index in [1.54, 1.807) is 7.11 Å². The second kappa shape index (κ2) is 7.14. The predicted molar refractivity (Wildman–Crippen MR) is 91.0 cm³/mol. The van der Waals surface area contributed by atoms with Crippen LogP contribution in [0.25, 0.3) is 0 Å². The first-order valence-electron chi connectivity index (χ1n) is 8.95. The van der Waals surface area contributed by atoms with Gasteiger partial charge in [-0.15, -0.1) is 0 Å². The van der Waals surface area contributed by atoms with Crippen molar-refractivity contribution in [1.29, 1.82) is 0 Å². The number of fused-ring (bicyclic) bond motifs is 1. The van der Waals surface area contributed by atoms with Crippen molar-refractivity contribution in [2.45, 2.75) is 58.0 Å². The smallest absolute Gasteiger partial charge is 0.169 e. The van der Waals surface area contributed by atoms with Gasteiger partial charge in [0.25, 0.3) is 0 Å². The number of hydrogen-bond donors (Lipinski definition) is 0. The Bertz CT molecular complexity index is 556. The molecule has 1 saturated carbocycles. The maximum Gasteiger partial charge on any atom is 0.169 e. The monoisotopic (exact) mass is 316 g/mol. The maximum absolute atomic E-state index is 13.0. The van der Waals surface area contributed by atoms with E-state index in [2.05, 4.69) is 18.2 Å². The summed E-state index contributed by atoms with van der Waals surface area (Å²) in [6.45, 7) is 3.59. The summed E-state index contributed by atoms with van der Waals surface area (Å²) in [7, 11) is 1.78. The van der Waals surface area contributed by atoms with Crippen molar-refractivity contribution < 1.29 is 14.3 Å². The van der Waals surface area contributed by atoms with Crippen molar-refractivity contribution in [1.82, 2.24) is 0 Å². The van der Waals surface area contributed by atoms with Crippen molar-refractivity contribution in [2.24, 2.45) is 5.41 Å². The topological polar surface area (TPSA) is 35.5 Å². The second-order valence-corrected chi connectivity index (χ2v) is 7.01. The van der Waals surface area contributed by atoms with Gasteiger partial charge in [0.2, 0.25) is 0 Å². The largest absolute Gasteiger partial charge is 0.382 e. The third-order valence-corrected chi connectivity index (χ3v) is 5.61. The molecule has 1 fully saturated rings. The number of aryl methyl sites for hydroxylation is 1. The summed E-state index contributed by atoms with van der Waals surface area (Å²) in [6.07, 6.45) is 7.23. The Hall–Kier alpha value is -1.19. The molecule has 0 amide bonds. The van der Waals surface area contributed by atoms with E-state index < -0.39 is 0 Å². The van der Waals surface area contributed by atoms with Crippen LogP contribution < -0.4 is 0 Å². The van der Waals surface area contributed by atoms with E-state index in [4.69, 9.17) is 9.47 Å². The molecule has 0 N–H and O–H groups in total. The highest BCUT2D eigenvalue weighted by molar-refractivity contribution is 6.05. The van der Waals surface area contributed by atoms with Crippen molar-refractivity contribution in [3.05, 3.63) is 34.9 Å². The van der Waals surface area contributed by atoms with Gasteiger partial charge in [0, 0.05) is 31.3 Å². The Kier molecular flexibility index (Phi) is 5.17. The molecular formula is C20H28O3. The average Bonchev–Trinajstić information content (AvgIpc) is 2.85. The lowest BCUT2D eigenvalue weighted by Gasteiger charge is -2.35. The van der Waals surface area contributed by atoms with Gasteiger partial charge < -0.3 is 9.47 Å². The molecule has 0 atom stereocenters. The number of carbonyl (C=O) groups is 1.